The maximum atomic E-state index is 12.1. The maximum absolute atomic E-state index is 12.1. The number of aliphatic hydroxyl groups is 1. The van der Waals surface area contributed by atoms with E-state index in [0.29, 0.717) is 19.1 Å². The van der Waals surface area contributed by atoms with E-state index in [-0.39, 0.29) is 25.7 Å². The Labute approximate surface area is 123 Å². The number of aliphatic imine (C=N–C) groups is 1. The van der Waals surface area contributed by atoms with Crippen molar-refractivity contribution < 1.29 is 23.0 Å². The quantitative estimate of drug-likeness (QED) is 0.443. The summed E-state index contributed by atoms with van der Waals surface area (Å²) in [6.07, 6.45) is -3.50. The summed E-state index contributed by atoms with van der Waals surface area (Å²) in [5, 5.41) is 15.1. The summed E-state index contributed by atoms with van der Waals surface area (Å²) >= 11 is 0. The molecule has 5 nitrogen and oxygen atoms in total. The molecule has 0 radical (unpaired) electrons. The number of alkyl halides is 3. The Hall–Kier alpha value is -1.02. The molecule has 0 aliphatic heterocycles. The number of aliphatic hydroxyl groups excluding tert-OH is 1. The van der Waals surface area contributed by atoms with E-state index < -0.39 is 18.7 Å². The Balaban J connectivity index is 2.21. The highest BCUT2D eigenvalue weighted by atomic mass is 19.4. The Morgan fingerprint density at radius 2 is 2.10 bits per heavy atom. The lowest BCUT2D eigenvalue weighted by Gasteiger charge is -2.14. The van der Waals surface area contributed by atoms with E-state index in [1.54, 1.807) is 0 Å². The van der Waals surface area contributed by atoms with Gasteiger partial charge in [0.15, 0.2) is 5.96 Å². The van der Waals surface area contributed by atoms with Crippen molar-refractivity contribution in [3.63, 3.8) is 0 Å². The summed E-state index contributed by atoms with van der Waals surface area (Å²) in [6, 6.07) is 0. The first-order chi connectivity index (χ1) is 9.90. The number of rotatable bonds is 9. The second kappa shape index (κ2) is 9.09. The number of nitrogens with zero attached hydrogens (tertiary/aromatic N) is 1. The summed E-state index contributed by atoms with van der Waals surface area (Å²) < 4.78 is 41.5. The third-order valence-corrected chi connectivity index (χ3v) is 2.87. The molecule has 8 heteroatoms. The second-order valence-corrected chi connectivity index (χ2v) is 5.15. The standard InChI is InChI=1S/C13H24F3N3O2/c1-2-17-12(18-6-5-13(14,15)16)19-7-11(20)9-21-8-10-3-4-10/h10-11,20H,2-9H2,1H3,(H2,17,18,19). The zero-order valence-electron chi connectivity index (χ0n) is 12.2. The van der Waals surface area contributed by atoms with Crippen LogP contribution in [0.5, 0.6) is 0 Å². The first-order valence-corrected chi connectivity index (χ1v) is 7.25. The minimum atomic E-state index is -4.19. The highest BCUT2D eigenvalue weighted by Gasteiger charge is 2.26. The first kappa shape index (κ1) is 18.0. The molecule has 1 atom stereocenters. The van der Waals surface area contributed by atoms with E-state index in [1.165, 1.54) is 12.8 Å². The van der Waals surface area contributed by atoms with Crippen LogP contribution in [0.15, 0.2) is 4.99 Å². The van der Waals surface area contributed by atoms with Crippen LogP contribution in [0.25, 0.3) is 0 Å². The first-order valence-electron chi connectivity index (χ1n) is 7.25. The van der Waals surface area contributed by atoms with Crippen molar-refractivity contribution in [2.75, 3.05) is 32.8 Å². The number of nitrogens with one attached hydrogen (secondary N) is 2. The van der Waals surface area contributed by atoms with E-state index in [0.717, 1.165) is 0 Å². The van der Waals surface area contributed by atoms with Gasteiger partial charge in [-0.3, -0.25) is 4.99 Å². The lowest BCUT2D eigenvalue weighted by molar-refractivity contribution is -0.132. The van der Waals surface area contributed by atoms with Gasteiger partial charge in [-0.25, -0.2) is 0 Å². The third-order valence-electron chi connectivity index (χ3n) is 2.87. The minimum absolute atomic E-state index is 0.0893. The molecule has 1 saturated carbocycles. The Morgan fingerprint density at radius 1 is 1.38 bits per heavy atom. The third kappa shape index (κ3) is 10.4. The van der Waals surface area contributed by atoms with Gasteiger partial charge in [-0.15, -0.1) is 0 Å². The van der Waals surface area contributed by atoms with Crippen molar-refractivity contribution in [1.82, 2.24) is 10.6 Å². The lowest BCUT2D eigenvalue weighted by Crippen LogP contribution is -2.39. The van der Waals surface area contributed by atoms with Crippen molar-refractivity contribution >= 4 is 5.96 Å². The van der Waals surface area contributed by atoms with Crippen LogP contribution in [-0.2, 0) is 4.74 Å². The average molecular weight is 311 g/mol. The van der Waals surface area contributed by atoms with E-state index in [4.69, 9.17) is 4.74 Å². The highest BCUT2D eigenvalue weighted by molar-refractivity contribution is 5.79. The van der Waals surface area contributed by atoms with Gasteiger partial charge in [-0.05, 0) is 25.7 Å². The predicted octanol–water partition coefficient (Wildman–Crippen LogP) is 1.28. The summed E-state index contributed by atoms with van der Waals surface area (Å²) in [6.45, 7) is 3.05. The Kier molecular flexibility index (Phi) is 7.81. The minimum Gasteiger partial charge on any atom is -0.389 e. The van der Waals surface area contributed by atoms with Crippen LogP contribution in [0.2, 0.25) is 0 Å². The zero-order valence-corrected chi connectivity index (χ0v) is 12.2. The molecule has 1 aliphatic carbocycles. The van der Waals surface area contributed by atoms with Gasteiger partial charge in [-0.2, -0.15) is 13.2 Å². The van der Waals surface area contributed by atoms with E-state index in [1.807, 2.05) is 6.92 Å². The molecular weight excluding hydrogens is 287 g/mol. The molecule has 1 rings (SSSR count). The molecule has 1 aliphatic rings. The average Bonchev–Trinajstić information content (AvgIpc) is 3.18. The number of hydrogen-bond acceptors (Lipinski definition) is 3. The fraction of sp³-hybridized carbons (Fsp3) is 0.923. The molecule has 0 amide bonds. The topological polar surface area (TPSA) is 65.9 Å². The maximum Gasteiger partial charge on any atom is 0.390 e. The Morgan fingerprint density at radius 3 is 2.67 bits per heavy atom. The van der Waals surface area contributed by atoms with Crippen molar-refractivity contribution in [2.45, 2.75) is 38.5 Å². The van der Waals surface area contributed by atoms with Gasteiger partial charge in [0.2, 0.25) is 0 Å². The summed E-state index contributed by atoms with van der Waals surface area (Å²) in [7, 11) is 0. The van der Waals surface area contributed by atoms with Gasteiger partial charge in [0.25, 0.3) is 0 Å². The van der Waals surface area contributed by atoms with Crippen molar-refractivity contribution in [1.29, 1.82) is 0 Å². The fourth-order valence-corrected chi connectivity index (χ4v) is 1.57. The second-order valence-electron chi connectivity index (χ2n) is 5.15. The summed E-state index contributed by atoms with van der Waals surface area (Å²) in [5.74, 6) is 0.894. The summed E-state index contributed by atoms with van der Waals surface area (Å²) in [4.78, 5) is 4.04. The van der Waals surface area contributed by atoms with Crippen LogP contribution in [0.4, 0.5) is 13.2 Å². The Bertz CT molecular complexity index is 320. The van der Waals surface area contributed by atoms with E-state index in [9.17, 15) is 18.3 Å². The zero-order chi connectivity index (χ0) is 15.7. The molecule has 3 N–H and O–H groups in total. The van der Waals surface area contributed by atoms with Crippen LogP contribution in [0.3, 0.4) is 0 Å². The molecule has 1 unspecified atom stereocenters. The van der Waals surface area contributed by atoms with Crippen molar-refractivity contribution in [3.8, 4) is 0 Å². The molecule has 0 heterocycles. The van der Waals surface area contributed by atoms with Crippen molar-refractivity contribution in [2.24, 2.45) is 10.9 Å². The molecule has 21 heavy (non-hydrogen) atoms. The molecule has 0 aromatic carbocycles. The molecule has 0 bridgehead atoms. The molecule has 0 aromatic heterocycles. The van der Waals surface area contributed by atoms with Crippen LogP contribution < -0.4 is 10.6 Å². The highest BCUT2D eigenvalue weighted by Crippen LogP contribution is 2.28. The van der Waals surface area contributed by atoms with Crippen LogP contribution in [0.1, 0.15) is 26.2 Å². The van der Waals surface area contributed by atoms with Crippen LogP contribution in [-0.4, -0.2) is 56.2 Å². The van der Waals surface area contributed by atoms with Crippen LogP contribution >= 0.6 is 0 Å². The van der Waals surface area contributed by atoms with E-state index >= 15 is 0 Å². The number of ether oxygens (including phenoxy) is 1. The number of hydrogen-bond donors (Lipinski definition) is 3. The molecule has 124 valence electrons. The van der Waals surface area contributed by atoms with Gasteiger partial charge in [0.1, 0.15) is 0 Å². The SMILES string of the molecule is CCNC(=NCC(O)COCC1CC1)NCCC(F)(F)F. The lowest BCUT2D eigenvalue weighted by atomic mass is 10.4. The molecule has 1 fully saturated rings. The van der Waals surface area contributed by atoms with Gasteiger partial charge in [0, 0.05) is 19.7 Å². The van der Waals surface area contributed by atoms with Gasteiger partial charge in [-0.1, -0.05) is 0 Å². The smallest absolute Gasteiger partial charge is 0.389 e. The largest absolute Gasteiger partial charge is 0.390 e. The summed E-state index contributed by atoms with van der Waals surface area (Å²) in [5.41, 5.74) is 0. The van der Waals surface area contributed by atoms with Crippen molar-refractivity contribution in [3.05, 3.63) is 0 Å². The van der Waals surface area contributed by atoms with E-state index in [2.05, 4.69) is 15.6 Å². The molecule has 0 spiro atoms. The van der Waals surface area contributed by atoms with Gasteiger partial charge < -0.3 is 20.5 Å². The molecule has 0 aromatic rings. The normalized spacial score (nSPS) is 17.7. The molecular formula is C13H24F3N3O2. The van der Waals surface area contributed by atoms with Gasteiger partial charge >= 0.3 is 6.18 Å². The fourth-order valence-electron chi connectivity index (χ4n) is 1.57. The number of guanidine groups is 1. The predicted molar refractivity (Wildman–Crippen MR) is 74.2 cm³/mol. The number of halogens is 3. The van der Waals surface area contributed by atoms with Crippen LogP contribution in [0, 0.1) is 5.92 Å². The van der Waals surface area contributed by atoms with Gasteiger partial charge in [0.05, 0.1) is 25.7 Å². The molecule has 0 saturated heterocycles. The monoisotopic (exact) mass is 311 g/mol.